The summed E-state index contributed by atoms with van der Waals surface area (Å²) in [5.41, 5.74) is 3.12. The molecule has 1 amide bonds. The van der Waals surface area contributed by atoms with Crippen molar-refractivity contribution in [1.82, 2.24) is 34.3 Å². The molecule has 0 saturated carbocycles. The lowest BCUT2D eigenvalue weighted by Crippen LogP contribution is -2.30. The zero-order chi connectivity index (χ0) is 19.7. The van der Waals surface area contributed by atoms with Crippen LogP contribution < -0.4 is 4.74 Å². The third-order valence-electron chi connectivity index (χ3n) is 4.96. The molecule has 0 radical (unpaired) electrons. The van der Waals surface area contributed by atoms with E-state index in [4.69, 9.17) is 9.72 Å². The molecule has 9 nitrogen and oxygen atoms in total. The Morgan fingerprint density at radius 2 is 2.18 bits per heavy atom. The number of ether oxygens (including phenoxy) is 1. The Kier molecular flexibility index (Phi) is 4.81. The third-order valence-corrected chi connectivity index (χ3v) is 4.96. The van der Waals surface area contributed by atoms with E-state index < -0.39 is 0 Å². The highest BCUT2D eigenvalue weighted by molar-refractivity contribution is 5.87. The van der Waals surface area contributed by atoms with E-state index in [-0.39, 0.29) is 12.0 Å². The van der Waals surface area contributed by atoms with Gasteiger partial charge in [-0.15, -0.1) is 0 Å². The number of carbonyl (C=O) groups excluding carboxylic acids is 1. The van der Waals surface area contributed by atoms with Crippen LogP contribution in [0.4, 0.5) is 0 Å². The number of nitrogens with zero attached hydrogens (tertiary/aromatic N) is 7. The van der Waals surface area contributed by atoms with Gasteiger partial charge >= 0.3 is 0 Å². The number of aromatic nitrogens is 6. The van der Waals surface area contributed by atoms with Gasteiger partial charge in [-0.05, 0) is 25.8 Å². The molecule has 1 fully saturated rings. The smallest absolute Gasteiger partial charge is 0.260 e. The first-order valence-corrected chi connectivity index (χ1v) is 9.34. The van der Waals surface area contributed by atoms with Crippen molar-refractivity contribution in [1.29, 1.82) is 0 Å². The van der Waals surface area contributed by atoms with Crippen LogP contribution in [0.5, 0.6) is 5.88 Å². The van der Waals surface area contributed by atoms with Crippen molar-refractivity contribution < 1.29 is 9.53 Å². The van der Waals surface area contributed by atoms with E-state index in [1.165, 1.54) is 12.4 Å². The number of amides is 1. The maximum absolute atomic E-state index is 11.9. The fourth-order valence-corrected chi connectivity index (χ4v) is 3.55. The summed E-state index contributed by atoms with van der Waals surface area (Å²) < 4.78 is 9.69. The average Bonchev–Trinajstić information content (AvgIpc) is 3.21. The number of carbonyl (C=O) groups is 1. The molecule has 3 aromatic heterocycles. The van der Waals surface area contributed by atoms with E-state index in [0.29, 0.717) is 24.6 Å². The highest BCUT2D eigenvalue weighted by Gasteiger charge is 2.23. The van der Waals surface area contributed by atoms with Crippen molar-refractivity contribution in [2.75, 3.05) is 13.1 Å². The van der Waals surface area contributed by atoms with Gasteiger partial charge in [0.25, 0.3) is 5.88 Å². The van der Waals surface area contributed by atoms with Gasteiger partial charge in [0.15, 0.2) is 0 Å². The van der Waals surface area contributed by atoms with Gasteiger partial charge in [0.1, 0.15) is 12.4 Å². The molecule has 0 bridgehead atoms. The first-order valence-electron chi connectivity index (χ1n) is 9.34. The van der Waals surface area contributed by atoms with Crippen LogP contribution in [0.25, 0.3) is 16.9 Å². The summed E-state index contributed by atoms with van der Waals surface area (Å²) in [5, 5.41) is 8.65. The number of hydrogen-bond donors (Lipinski definition) is 0. The van der Waals surface area contributed by atoms with Crippen LogP contribution >= 0.6 is 0 Å². The molecule has 0 unspecified atom stereocenters. The van der Waals surface area contributed by atoms with Crippen molar-refractivity contribution in [2.24, 2.45) is 7.05 Å². The predicted molar refractivity (Wildman–Crippen MR) is 103 cm³/mol. The van der Waals surface area contributed by atoms with E-state index in [1.807, 2.05) is 31.3 Å². The second-order valence-corrected chi connectivity index (χ2v) is 6.96. The molecule has 4 rings (SSSR count). The van der Waals surface area contributed by atoms with E-state index in [2.05, 4.69) is 21.8 Å². The third kappa shape index (κ3) is 3.47. The maximum atomic E-state index is 11.9. The molecule has 1 aliphatic rings. The summed E-state index contributed by atoms with van der Waals surface area (Å²) in [6.45, 7) is 6.87. The molecule has 0 aliphatic carbocycles. The number of aryl methyl sites for hydroxylation is 2. The van der Waals surface area contributed by atoms with Gasteiger partial charge in [-0.2, -0.15) is 10.2 Å². The fraction of sp³-hybridized carbons (Fsp3) is 0.421. The highest BCUT2D eigenvalue weighted by Crippen LogP contribution is 2.26. The summed E-state index contributed by atoms with van der Waals surface area (Å²) in [6.07, 6.45) is 9.01. The molecule has 28 heavy (non-hydrogen) atoms. The largest absolute Gasteiger partial charge is 0.472 e. The SMILES string of the molecule is C=CC(=O)N1CCC[C@@H](Oc2nc(-c3cn(C)nc3C)cn3ncnc23)CC1. The van der Waals surface area contributed by atoms with Crippen LogP contribution in [0.15, 0.2) is 31.4 Å². The lowest BCUT2D eigenvalue weighted by atomic mass is 10.1. The standard InChI is InChI=1S/C19H23N7O2/c1-4-17(27)25-8-5-6-14(7-9-25)28-19-18-20-12-21-26(18)11-16(22-19)15-10-24(3)23-13(15)2/h4,10-12,14H,1,5-9H2,2-3H3/t14-/m1/s1. The Hall–Kier alpha value is -3.23. The molecule has 0 spiro atoms. The maximum Gasteiger partial charge on any atom is 0.260 e. The predicted octanol–water partition coefficient (Wildman–Crippen LogP) is 1.78. The van der Waals surface area contributed by atoms with Gasteiger partial charge in [0, 0.05) is 38.3 Å². The van der Waals surface area contributed by atoms with Crippen LogP contribution in [0.2, 0.25) is 0 Å². The lowest BCUT2D eigenvalue weighted by Gasteiger charge is -2.19. The van der Waals surface area contributed by atoms with Crippen LogP contribution in [-0.4, -0.2) is 59.4 Å². The van der Waals surface area contributed by atoms with E-state index >= 15 is 0 Å². The second-order valence-electron chi connectivity index (χ2n) is 6.96. The molecule has 1 aliphatic heterocycles. The van der Waals surface area contributed by atoms with E-state index in [9.17, 15) is 4.79 Å². The molecule has 0 aromatic carbocycles. The van der Waals surface area contributed by atoms with Crippen molar-refractivity contribution in [2.45, 2.75) is 32.3 Å². The van der Waals surface area contributed by atoms with Crippen LogP contribution in [0.1, 0.15) is 25.0 Å². The summed E-state index contributed by atoms with van der Waals surface area (Å²) in [4.78, 5) is 22.7. The molecule has 3 aromatic rings. The lowest BCUT2D eigenvalue weighted by molar-refractivity contribution is -0.126. The minimum atomic E-state index is -0.0409. The molecular weight excluding hydrogens is 358 g/mol. The first kappa shape index (κ1) is 18.1. The molecule has 0 N–H and O–H groups in total. The summed E-state index contributed by atoms with van der Waals surface area (Å²) >= 11 is 0. The van der Waals surface area contributed by atoms with Crippen LogP contribution in [0.3, 0.4) is 0 Å². The number of likely N-dealkylation sites (tertiary alicyclic amines) is 1. The zero-order valence-corrected chi connectivity index (χ0v) is 16.1. The fourth-order valence-electron chi connectivity index (χ4n) is 3.55. The normalized spacial score (nSPS) is 17.5. The highest BCUT2D eigenvalue weighted by atomic mass is 16.5. The van der Waals surface area contributed by atoms with Gasteiger partial charge in [-0.25, -0.2) is 14.5 Å². The van der Waals surface area contributed by atoms with Crippen LogP contribution in [0, 0.1) is 6.92 Å². The summed E-state index contributed by atoms with van der Waals surface area (Å²) in [6, 6.07) is 0. The van der Waals surface area contributed by atoms with Crippen LogP contribution in [-0.2, 0) is 11.8 Å². The quantitative estimate of drug-likeness (QED) is 0.640. The van der Waals surface area contributed by atoms with Gasteiger partial charge in [-0.3, -0.25) is 9.48 Å². The second kappa shape index (κ2) is 7.41. The van der Waals surface area contributed by atoms with Crippen molar-refractivity contribution in [3.05, 3.63) is 37.1 Å². The van der Waals surface area contributed by atoms with E-state index in [0.717, 1.165) is 36.2 Å². The van der Waals surface area contributed by atoms with Crippen molar-refractivity contribution in [3.63, 3.8) is 0 Å². The van der Waals surface area contributed by atoms with Gasteiger partial charge in [0.2, 0.25) is 11.6 Å². The molecular formula is C19H23N7O2. The number of rotatable bonds is 4. The number of fused-ring (bicyclic) bond motifs is 1. The summed E-state index contributed by atoms with van der Waals surface area (Å²) in [7, 11) is 1.88. The molecule has 1 saturated heterocycles. The molecule has 4 heterocycles. The Morgan fingerprint density at radius 3 is 2.93 bits per heavy atom. The topological polar surface area (TPSA) is 90.4 Å². The molecule has 1 atom stereocenters. The Morgan fingerprint density at radius 1 is 1.32 bits per heavy atom. The first-order chi connectivity index (χ1) is 13.5. The number of hydrogen-bond acceptors (Lipinski definition) is 6. The Labute approximate surface area is 162 Å². The molecule has 146 valence electrons. The summed E-state index contributed by atoms with van der Waals surface area (Å²) in [5.74, 6) is 0.416. The van der Waals surface area contributed by atoms with Gasteiger partial charge in [-0.1, -0.05) is 6.58 Å². The molecule has 9 heteroatoms. The van der Waals surface area contributed by atoms with Gasteiger partial charge in [0.05, 0.1) is 17.6 Å². The van der Waals surface area contributed by atoms with Crippen molar-refractivity contribution in [3.8, 4) is 17.1 Å². The van der Waals surface area contributed by atoms with Crippen molar-refractivity contribution >= 4 is 11.6 Å². The monoisotopic (exact) mass is 381 g/mol. The zero-order valence-electron chi connectivity index (χ0n) is 16.1. The minimum Gasteiger partial charge on any atom is -0.472 e. The minimum absolute atomic E-state index is 0.0346. The Balaban J connectivity index is 1.61. The van der Waals surface area contributed by atoms with Gasteiger partial charge < -0.3 is 9.64 Å². The average molecular weight is 381 g/mol. The Bertz CT molecular complexity index is 1020. The van der Waals surface area contributed by atoms with E-state index in [1.54, 1.807) is 9.20 Å².